The lowest BCUT2D eigenvalue weighted by Gasteiger charge is -2.09. The Labute approximate surface area is 124 Å². The number of ether oxygens (including phenoxy) is 1. The number of rotatable bonds is 5. The molecule has 0 spiro atoms. The van der Waals surface area contributed by atoms with Crippen molar-refractivity contribution >= 4 is 11.6 Å². The zero-order valence-corrected chi connectivity index (χ0v) is 12.6. The summed E-state index contributed by atoms with van der Waals surface area (Å²) in [5.41, 5.74) is 1.88. The Kier molecular flexibility index (Phi) is 4.93. The van der Waals surface area contributed by atoms with Crippen molar-refractivity contribution in [1.82, 2.24) is 15.3 Å². The number of nitrogens with one attached hydrogen (secondary N) is 1. The number of nitrogens with zero attached hydrogens (tertiary/aromatic N) is 2. The van der Waals surface area contributed by atoms with Gasteiger partial charge in [0.15, 0.2) is 5.82 Å². The van der Waals surface area contributed by atoms with Gasteiger partial charge in [0.25, 0.3) is 0 Å². The molecule has 0 saturated carbocycles. The Balaban J connectivity index is 2.21. The van der Waals surface area contributed by atoms with Crippen LogP contribution in [0.5, 0.6) is 5.75 Å². The van der Waals surface area contributed by atoms with Gasteiger partial charge in [0, 0.05) is 35.6 Å². The van der Waals surface area contributed by atoms with Crippen molar-refractivity contribution in [2.24, 2.45) is 0 Å². The Morgan fingerprint density at radius 1 is 1.25 bits per heavy atom. The number of aromatic nitrogens is 2. The Bertz CT molecular complexity index is 570. The minimum absolute atomic E-state index is 0.436. The van der Waals surface area contributed by atoms with Crippen LogP contribution in [-0.2, 0) is 6.54 Å². The second kappa shape index (κ2) is 6.68. The highest BCUT2D eigenvalue weighted by Gasteiger charge is 2.09. The second-order valence-corrected chi connectivity index (χ2v) is 5.23. The van der Waals surface area contributed by atoms with E-state index in [1.165, 1.54) is 0 Å². The van der Waals surface area contributed by atoms with Gasteiger partial charge in [-0.2, -0.15) is 0 Å². The van der Waals surface area contributed by atoms with Gasteiger partial charge in [0.2, 0.25) is 0 Å². The fourth-order valence-corrected chi connectivity index (χ4v) is 1.92. The highest BCUT2D eigenvalue weighted by Crippen LogP contribution is 2.29. The first-order valence-corrected chi connectivity index (χ1v) is 6.86. The topological polar surface area (TPSA) is 47.0 Å². The van der Waals surface area contributed by atoms with E-state index in [0.717, 1.165) is 17.7 Å². The van der Waals surface area contributed by atoms with Crippen molar-refractivity contribution in [2.75, 3.05) is 7.11 Å². The summed E-state index contributed by atoms with van der Waals surface area (Å²) in [6, 6.07) is 5.86. The quantitative estimate of drug-likeness (QED) is 0.918. The van der Waals surface area contributed by atoms with Crippen LogP contribution in [0.2, 0.25) is 5.02 Å². The van der Waals surface area contributed by atoms with Crippen LogP contribution >= 0.6 is 11.6 Å². The van der Waals surface area contributed by atoms with Crippen LogP contribution in [0.25, 0.3) is 11.4 Å². The molecule has 0 fully saturated rings. The number of hydrogen-bond donors (Lipinski definition) is 1. The SMILES string of the molecule is COc1cc(Cl)ccc1-c1ncc(CNC(C)C)cn1. The maximum atomic E-state index is 5.95. The summed E-state index contributed by atoms with van der Waals surface area (Å²) in [4.78, 5) is 8.78. The number of halogens is 1. The molecule has 1 heterocycles. The standard InChI is InChI=1S/C15H18ClN3O/c1-10(2)17-7-11-8-18-15(19-9-11)13-5-4-12(16)6-14(13)20-3/h4-6,8-10,17H,7H2,1-3H3. The molecule has 1 aromatic heterocycles. The molecule has 0 aliphatic carbocycles. The molecular formula is C15H18ClN3O. The van der Waals surface area contributed by atoms with Gasteiger partial charge in [0.05, 0.1) is 12.7 Å². The molecular weight excluding hydrogens is 274 g/mol. The average molecular weight is 292 g/mol. The molecule has 0 aliphatic rings. The van der Waals surface area contributed by atoms with Crippen molar-refractivity contribution in [3.05, 3.63) is 41.2 Å². The van der Waals surface area contributed by atoms with Crippen molar-refractivity contribution < 1.29 is 4.74 Å². The summed E-state index contributed by atoms with van der Waals surface area (Å²) in [6.45, 7) is 4.97. The van der Waals surface area contributed by atoms with Gasteiger partial charge in [0.1, 0.15) is 5.75 Å². The van der Waals surface area contributed by atoms with E-state index in [0.29, 0.717) is 22.6 Å². The smallest absolute Gasteiger partial charge is 0.162 e. The van der Waals surface area contributed by atoms with Gasteiger partial charge in [-0.3, -0.25) is 0 Å². The van der Waals surface area contributed by atoms with E-state index in [1.807, 2.05) is 18.5 Å². The molecule has 0 unspecified atom stereocenters. The molecule has 0 aliphatic heterocycles. The molecule has 5 heteroatoms. The van der Waals surface area contributed by atoms with E-state index in [4.69, 9.17) is 16.3 Å². The molecule has 0 saturated heterocycles. The molecule has 0 radical (unpaired) electrons. The highest BCUT2D eigenvalue weighted by molar-refractivity contribution is 6.30. The molecule has 0 bridgehead atoms. The van der Waals surface area contributed by atoms with E-state index in [1.54, 1.807) is 19.2 Å². The van der Waals surface area contributed by atoms with Crippen LogP contribution in [0.4, 0.5) is 0 Å². The van der Waals surface area contributed by atoms with E-state index < -0.39 is 0 Å². The fourth-order valence-electron chi connectivity index (χ4n) is 1.76. The van der Waals surface area contributed by atoms with Crippen LogP contribution in [0.15, 0.2) is 30.6 Å². The van der Waals surface area contributed by atoms with E-state index in [-0.39, 0.29) is 0 Å². The van der Waals surface area contributed by atoms with E-state index in [9.17, 15) is 0 Å². The lowest BCUT2D eigenvalue weighted by atomic mass is 10.2. The maximum absolute atomic E-state index is 5.95. The van der Waals surface area contributed by atoms with Crippen molar-refractivity contribution in [1.29, 1.82) is 0 Å². The van der Waals surface area contributed by atoms with Crippen molar-refractivity contribution in [3.63, 3.8) is 0 Å². The Hall–Kier alpha value is -1.65. The molecule has 1 N–H and O–H groups in total. The van der Waals surface area contributed by atoms with Crippen LogP contribution in [0, 0.1) is 0 Å². The minimum atomic E-state index is 0.436. The number of methoxy groups -OCH3 is 1. The number of benzene rings is 1. The second-order valence-electron chi connectivity index (χ2n) is 4.80. The average Bonchev–Trinajstić information content (AvgIpc) is 2.45. The first-order chi connectivity index (χ1) is 9.60. The summed E-state index contributed by atoms with van der Waals surface area (Å²) in [5.74, 6) is 1.30. The molecule has 20 heavy (non-hydrogen) atoms. The predicted octanol–water partition coefficient (Wildman–Crippen LogP) is 3.30. The largest absolute Gasteiger partial charge is 0.496 e. The van der Waals surface area contributed by atoms with Gasteiger partial charge < -0.3 is 10.1 Å². The van der Waals surface area contributed by atoms with Gasteiger partial charge >= 0.3 is 0 Å². The van der Waals surface area contributed by atoms with Gasteiger partial charge in [-0.25, -0.2) is 9.97 Å². The normalized spacial score (nSPS) is 10.8. The lowest BCUT2D eigenvalue weighted by molar-refractivity contribution is 0.416. The number of hydrogen-bond acceptors (Lipinski definition) is 4. The molecule has 4 nitrogen and oxygen atoms in total. The van der Waals surface area contributed by atoms with Crippen LogP contribution in [0.1, 0.15) is 19.4 Å². The van der Waals surface area contributed by atoms with Crippen LogP contribution < -0.4 is 10.1 Å². The van der Waals surface area contributed by atoms with Gasteiger partial charge in [-0.05, 0) is 18.2 Å². The predicted molar refractivity (Wildman–Crippen MR) is 81.0 cm³/mol. The van der Waals surface area contributed by atoms with Crippen LogP contribution in [0.3, 0.4) is 0 Å². The van der Waals surface area contributed by atoms with Crippen molar-refractivity contribution in [3.8, 4) is 17.1 Å². The molecule has 1 aromatic carbocycles. The van der Waals surface area contributed by atoms with E-state index >= 15 is 0 Å². The third kappa shape index (κ3) is 3.68. The third-order valence-corrected chi connectivity index (χ3v) is 3.06. The third-order valence-electron chi connectivity index (χ3n) is 2.82. The van der Waals surface area contributed by atoms with Crippen LogP contribution in [-0.4, -0.2) is 23.1 Å². The molecule has 0 amide bonds. The monoisotopic (exact) mass is 291 g/mol. The molecule has 0 atom stereocenters. The maximum Gasteiger partial charge on any atom is 0.162 e. The molecule has 106 valence electrons. The molecule has 2 rings (SSSR count). The summed E-state index contributed by atoms with van der Waals surface area (Å²) >= 11 is 5.95. The zero-order chi connectivity index (χ0) is 14.5. The Morgan fingerprint density at radius 2 is 1.95 bits per heavy atom. The lowest BCUT2D eigenvalue weighted by Crippen LogP contribution is -2.21. The first kappa shape index (κ1) is 14.8. The zero-order valence-electron chi connectivity index (χ0n) is 11.9. The first-order valence-electron chi connectivity index (χ1n) is 6.48. The highest BCUT2D eigenvalue weighted by atomic mass is 35.5. The van der Waals surface area contributed by atoms with Gasteiger partial charge in [-0.1, -0.05) is 25.4 Å². The van der Waals surface area contributed by atoms with Gasteiger partial charge in [-0.15, -0.1) is 0 Å². The summed E-state index contributed by atoms with van der Waals surface area (Å²) in [6.07, 6.45) is 3.65. The van der Waals surface area contributed by atoms with Crippen molar-refractivity contribution in [2.45, 2.75) is 26.4 Å². The summed E-state index contributed by atoms with van der Waals surface area (Å²) in [5, 5.41) is 3.96. The Morgan fingerprint density at radius 3 is 2.55 bits per heavy atom. The fraction of sp³-hybridized carbons (Fsp3) is 0.333. The summed E-state index contributed by atoms with van der Waals surface area (Å²) < 4.78 is 5.31. The summed E-state index contributed by atoms with van der Waals surface area (Å²) in [7, 11) is 1.61. The minimum Gasteiger partial charge on any atom is -0.496 e. The van der Waals surface area contributed by atoms with E-state index in [2.05, 4.69) is 29.1 Å². The molecule has 2 aromatic rings.